The van der Waals surface area contributed by atoms with Crippen LogP contribution in [0.15, 0.2) is 0 Å². The van der Waals surface area contributed by atoms with E-state index in [-0.39, 0.29) is 14.1 Å². The number of hydrogen-bond donors (Lipinski definition) is 0. The van der Waals surface area contributed by atoms with Crippen LogP contribution in [0.1, 0.15) is 0 Å². The van der Waals surface area contributed by atoms with Crippen molar-refractivity contribution in [3.63, 3.8) is 0 Å². The summed E-state index contributed by atoms with van der Waals surface area (Å²) in [4.78, 5) is 0. The van der Waals surface area contributed by atoms with Crippen molar-refractivity contribution in [2.45, 2.75) is 11.0 Å². The Bertz CT molecular complexity index is 378. The zero-order valence-electron chi connectivity index (χ0n) is 9.02. The molecule has 0 saturated carbocycles. The highest BCUT2D eigenvalue weighted by molar-refractivity contribution is 8.09. The SMILES string of the molecule is CN([S+]([O-])C(F)(F)F)S(=O)(=O)N(C)[S+]([O-])C(F)(F)F. The second-order valence-electron chi connectivity index (χ2n) is 2.72. The Kier molecular flexibility index (Phi) is 5.84. The van der Waals surface area contributed by atoms with Crippen molar-refractivity contribution >= 4 is 32.9 Å². The lowest BCUT2D eigenvalue weighted by Gasteiger charge is -2.25. The fraction of sp³-hybridized carbons (Fsp3) is 1.00. The molecule has 0 aromatic rings. The van der Waals surface area contributed by atoms with E-state index in [1.54, 1.807) is 0 Å². The summed E-state index contributed by atoms with van der Waals surface area (Å²) in [7, 11) is -5.19. The Hall–Kier alpha value is 0.0700. The van der Waals surface area contributed by atoms with Gasteiger partial charge in [-0.15, -0.1) is 26.3 Å². The molecule has 6 nitrogen and oxygen atoms in total. The van der Waals surface area contributed by atoms with E-state index in [9.17, 15) is 43.9 Å². The highest BCUT2D eigenvalue weighted by Gasteiger charge is 2.58. The monoisotopic (exact) mass is 356 g/mol. The van der Waals surface area contributed by atoms with Gasteiger partial charge in [0.1, 0.15) is 0 Å². The molecular weight excluding hydrogens is 350 g/mol. The predicted molar refractivity (Wildman–Crippen MR) is 52.8 cm³/mol. The third kappa shape index (κ3) is 4.54. The molecule has 0 rings (SSSR count). The molecule has 0 spiro atoms. The molecule has 2 unspecified atom stereocenters. The first-order chi connectivity index (χ1) is 8.13. The summed E-state index contributed by atoms with van der Waals surface area (Å²) >= 11 is -8.23. The number of nitrogens with zero attached hydrogens (tertiary/aromatic N) is 2. The lowest BCUT2D eigenvalue weighted by molar-refractivity contribution is -0.0467. The minimum Gasteiger partial charge on any atom is -0.590 e. The van der Waals surface area contributed by atoms with Crippen molar-refractivity contribution in [3.8, 4) is 0 Å². The number of hydrogen-bond acceptors (Lipinski definition) is 4. The minimum atomic E-state index is -5.50. The van der Waals surface area contributed by atoms with E-state index in [0.29, 0.717) is 0 Å². The summed E-state index contributed by atoms with van der Waals surface area (Å²) in [6, 6.07) is 0. The van der Waals surface area contributed by atoms with E-state index in [1.165, 1.54) is 0 Å². The van der Waals surface area contributed by atoms with Crippen LogP contribution in [0, 0.1) is 0 Å². The van der Waals surface area contributed by atoms with Crippen LogP contribution in [-0.2, 0) is 32.9 Å². The molecule has 0 aromatic carbocycles. The zero-order valence-corrected chi connectivity index (χ0v) is 11.5. The summed E-state index contributed by atoms with van der Waals surface area (Å²) in [6.07, 6.45) is 0. The predicted octanol–water partition coefficient (Wildman–Crippen LogP) is 0.462. The molecule has 0 heterocycles. The van der Waals surface area contributed by atoms with Gasteiger partial charge < -0.3 is 9.11 Å². The first-order valence-corrected chi connectivity index (χ1v) is 7.44. The molecule has 0 fully saturated rings. The van der Waals surface area contributed by atoms with E-state index < -0.39 is 51.4 Å². The number of rotatable bonds is 4. The molecule has 0 saturated heterocycles. The van der Waals surface area contributed by atoms with Crippen LogP contribution < -0.4 is 0 Å². The van der Waals surface area contributed by atoms with Crippen molar-refractivity contribution in [1.29, 1.82) is 0 Å². The second-order valence-corrected chi connectivity index (χ2v) is 8.19. The molecule has 0 aliphatic carbocycles. The Morgan fingerprint density at radius 3 is 1.21 bits per heavy atom. The van der Waals surface area contributed by atoms with Gasteiger partial charge in [0, 0.05) is 7.42 Å². The van der Waals surface area contributed by atoms with Crippen LogP contribution in [0.3, 0.4) is 0 Å². The maximum absolute atomic E-state index is 12.0. The van der Waals surface area contributed by atoms with Crippen LogP contribution in [0.25, 0.3) is 0 Å². The summed E-state index contributed by atoms with van der Waals surface area (Å²) in [5, 5.41) is 0. The molecule has 2 atom stereocenters. The van der Waals surface area contributed by atoms with E-state index in [1.807, 2.05) is 0 Å². The van der Waals surface area contributed by atoms with E-state index >= 15 is 0 Å². The highest BCUT2D eigenvalue weighted by atomic mass is 32.3. The highest BCUT2D eigenvalue weighted by Crippen LogP contribution is 2.32. The Morgan fingerprint density at radius 2 is 1.05 bits per heavy atom. The van der Waals surface area contributed by atoms with E-state index in [0.717, 1.165) is 0 Å². The fourth-order valence-corrected chi connectivity index (χ4v) is 4.13. The Balaban J connectivity index is 5.30. The minimum absolute atomic E-state index is 0.142. The van der Waals surface area contributed by atoms with Gasteiger partial charge in [-0.2, -0.15) is 8.42 Å². The topological polar surface area (TPSA) is 86.7 Å². The third-order valence-electron chi connectivity index (χ3n) is 1.51. The summed E-state index contributed by atoms with van der Waals surface area (Å²) in [6.45, 7) is 0. The molecule has 15 heteroatoms. The fourth-order valence-electron chi connectivity index (χ4n) is 0.625. The Labute approximate surface area is 110 Å². The molecule has 0 aromatic heterocycles. The molecule has 0 amide bonds. The molecule has 0 N–H and O–H groups in total. The van der Waals surface area contributed by atoms with Gasteiger partial charge in [0.05, 0.1) is 14.1 Å². The number of halogens is 6. The number of alkyl halides is 6. The zero-order chi connectivity index (χ0) is 15.8. The van der Waals surface area contributed by atoms with Crippen LogP contribution in [0.4, 0.5) is 26.3 Å². The van der Waals surface area contributed by atoms with Crippen LogP contribution in [0.5, 0.6) is 0 Å². The standard InChI is InChI=1S/C4H6F6N2O4S3/c1-11(17(13)3(5,6)7)19(15,16)12(2)18(14)4(8,9)10/h1-2H3. The molecule has 0 radical (unpaired) electrons. The second kappa shape index (κ2) is 5.82. The van der Waals surface area contributed by atoms with Crippen LogP contribution >= 0.6 is 0 Å². The van der Waals surface area contributed by atoms with Crippen LogP contribution in [0.2, 0.25) is 0 Å². The van der Waals surface area contributed by atoms with Crippen molar-refractivity contribution in [2.75, 3.05) is 14.1 Å². The first kappa shape index (κ1) is 19.1. The molecule has 116 valence electrons. The van der Waals surface area contributed by atoms with Gasteiger partial charge in [-0.05, 0) is 0 Å². The van der Waals surface area contributed by atoms with E-state index in [2.05, 4.69) is 0 Å². The summed E-state index contributed by atoms with van der Waals surface area (Å²) in [5.41, 5.74) is -11.0. The molecule has 19 heavy (non-hydrogen) atoms. The molecule has 0 aliphatic rings. The third-order valence-corrected chi connectivity index (χ3v) is 6.48. The maximum atomic E-state index is 12.0. The van der Waals surface area contributed by atoms with Gasteiger partial charge in [0.15, 0.2) is 22.7 Å². The summed E-state index contributed by atoms with van der Waals surface area (Å²) in [5.74, 6) is 0. The molecular formula is C4H6F6N2O4S3. The molecule has 0 aliphatic heterocycles. The lowest BCUT2D eigenvalue weighted by Crippen LogP contribution is -2.51. The van der Waals surface area contributed by atoms with Crippen LogP contribution in [-0.4, -0.2) is 50.1 Å². The lowest BCUT2D eigenvalue weighted by atomic mass is 11.5. The van der Waals surface area contributed by atoms with Gasteiger partial charge in [0.25, 0.3) is 0 Å². The van der Waals surface area contributed by atoms with Crippen molar-refractivity contribution in [3.05, 3.63) is 0 Å². The first-order valence-electron chi connectivity index (χ1n) is 3.83. The largest absolute Gasteiger partial charge is 0.594 e. The van der Waals surface area contributed by atoms with Gasteiger partial charge in [-0.1, -0.05) is 0 Å². The van der Waals surface area contributed by atoms with Gasteiger partial charge in [-0.3, -0.25) is 0 Å². The van der Waals surface area contributed by atoms with Gasteiger partial charge >= 0.3 is 21.2 Å². The Morgan fingerprint density at radius 1 is 0.842 bits per heavy atom. The maximum Gasteiger partial charge on any atom is 0.594 e. The van der Waals surface area contributed by atoms with Crippen molar-refractivity contribution in [2.24, 2.45) is 0 Å². The molecule has 0 bridgehead atoms. The average molecular weight is 356 g/mol. The summed E-state index contributed by atoms with van der Waals surface area (Å²) < 4.78 is 114. The quantitative estimate of drug-likeness (QED) is 0.541. The van der Waals surface area contributed by atoms with Crippen molar-refractivity contribution < 1.29 is 43.9 Å². The normalized spacial score (nSPS) is 17.9. The van der Waals surface area contributed by atoms with Crippen molar-refractivity contribution in [1.82, 2.24) is 7.42 Å². The van der Waals surface area contributed by atoms with Gasteiger partial charge in [0.2, 0.25) is 0 Å². The van der Waals surface area contributed by atoms with Gasteiger partial charge in [-0.25, -0.2) is 0 Å². The average Bonchev–Trinajstić information content (AvgIpc) is 2.22. The van der Waals surface area contributed by atoms with E-state index in [4.69, 9.17) is 0 Å². The smallest absolute Gasteiger partial charge is 0.590 e.